The second kappa shape index (κ2) is 15.0. The van der Waals surface area contributed by atoms with Crippen molar-refractivity contribution in [1.82, 2.24) is 30.0 Å². The molecule has 1 atom stereocenters. The number of ether oxygens (including phenoxy) is 3. The summed E-state index contributed by atoms with van der Waals surface area (Å²) in [6.07, 6.45) is 5.75. The molecule has 0 radical (unpaired) electrons. The first-order valence-corrected chi connectivity index (χ1v) is 19.1. The summed E-state index contributed by atoms with van der Waals surface area (Å²) in [6, 6.07) is 29.9. The Kier molecular flexibility index (Phi) is 10.3. The van der Waals surface area contributed by atoms with Gasteiger partial charge in [0.05, 0.1) is 51.6 Å². The van der Waals surface area contributed by atoms with Gasteiger partial charge in [0.25, 0.3) is 0 Å². The fourth-order valence-corrected chi connectivity index (χ4v) is 7.89. The number of hydrogen-bond donors (Lipinski definition) is 0. The minimum absolute atomic E-state index is 0.00287. The normalized spacial score (nSPS) is 15.4. The van der Waals surface area contributed by atoms with Crippen LogP contribution >= 0.6 is 0 Å². The molecule has 0 amide bonds. The Morgan fingerprint density at radius 2 is 1.18 bits per heavy atom. The van der Waals surface area contributed by atoms with E-state index in [0.29, 0.717) is 23.3 Å². The maximum atomic E-state index is 5.90. The second-order valence-electron chi connectivity index (χ2n) is 16.9. The van der Waals surface area contributed by atoms with Crippen LogP contribution in [-0.2, 0) is 36.8 Å². The minimum Gasteiger partial charge on any atom is -0.497 e. The van der Waals surface area contributed by atoms with Gasteiger partial charge in [0.1, 0.15) is 36.3 Å². The van der Waals surface area contributed by atoms with Gasteiger partial charge in [-0.3, -0.25) is 0 Å². The van der Waals surface area contributed by atoms with Crippen LogP contribution in [0, 0.1) is 0 Å². The molecule has 1 aliphatic heterocycles. The molecule has 286 valence electrons. The molecule has 55 heavy (non-hydrogen) atoms. The van der Waals surface area contributed by atoms with Crippen LogP contribution in [0.3, 0.4) is 0 Å². The number of fused-ring (bicyclic) bond motifs is 1. The van der Waals surface area contributed by atoms with Gasteiger partial charge >= 0.3 is 0 Å². The van der Waals surface area contributed by atoms with E-state index in [4.69, 9.17) is 24.4 Å². The van der Waals surface area contributed by atoms with Crippen molar-refractivity contribution < 1.29 is 18.7 Å². The number of quaternary nitrogens is 1. The molecule has 1 aliphatic rings. The molecule has 0 bridgehead atoms. The van der Waals surface area contributed by atoms with Crippen molar-refractivity contribution in [3.05, 3.63) is 137 Å². The average Bonchev–Trinajstić information content (AvgIpc) is 3.85. The fraction of sp³-hybridized carbons (Fsp3) is 0.378. The molecule has 0 N–H and O–H groups in total. The third-order valence-corrected chi connectivity index (χ3v) is 11.1. The molecule has 4 aromatic carbocycles. The highest BCUT2D eigenvalue weighted by Crippen LogP contribution is 2.45. The van der Waals surface area contributed by atoms with Crippen molar-refractivity contribution >= 4 is 0 Å². The predicted molar refractivity (Wildman–Crippen MR) is 215 cm³/mol. The first-order valence-electron chi connectivity index (χ1n) is 19.1. The summed E-state index contributed by atoms with van der Waals surface area (Å²) in [5.74, 6) is 2.29. The lowest BCUT2D eigenvalue weighted by atomic mass is 9.85. The largest absolute Gasteiger partial charge is 0.497 e. The Balaban J connectivity index is 1.32. The quantitative estimate of drug-likeness (QED) is 0.123. The third-order valence-electron chi connectivity index (χ3n) is 11.1. The zero-order valence-electron chi connectivity index (χ0n) is 33.7. The average molecular weight is 741 g/mol. The van der Waals surface area contributed by atoms with Gasteiger partial charge in [-0.05, 0) is 81.6 Å². The topological polar surface area (TPSA) is 89.1 Å². The molecular weight excluding hydrogens is 687 g/mol. The Morgan fingerprint density at radius 1 is 0.655 bits per heavy atom. The van der Waals surface area contributed by atoms with Gasteiger partial charge in [0.15, 0.2) is 11.5 Å². The molecule has 10 nitrogen and oxygen atoms in total. The molecule has 10 heteroatoms. The monoisotopic (exact) mass is 740 g/mol. The van der Waals surface area contributed by atoms with Crippen molar-refractivity contribution in [2.24, 2.45) is 0 Å². The minimum atomic E-state index is 0.00287. The molecule has 0 saturated carbocycles. The molecule has 1 unspecified atom stereocenters. The highest BCUT2D eigenvalue weighted by molar-refractivity contribution is 5.49. The van der Waals surface area contributed by atoms with Crippen molar-refractivity contribution in [3.63, 3.8) is 0 Å². The van der Waals surface area contributed by atoms with Crippen LogP contribution in [0.4, 0.5) is 0 Å². The van der Waals surface area contributed by atoms with Crippen LogP contribution in [0.25, 0.3) is 11.4 Å². The van der Waals surface area contributed by atoms with Gasteiger partial charge in [0.2, 0.25) is 0 Å². The zero-order valence-corrected chi connectivity index (χ0v) is 33.7. The van der Waals surface area contributed by atoms with Gasteiger partial charge in [-0.2, -0.15) is 0 Å². The Morgan fingerprint density at radius 3 is 1.67 bits per heavy atom. The summed E-state index contributed by atoms with van der Waals surface area (Å²) in [5, 5.41) is 18.9. The lowest BCUT2D eigenvalue weighted by molar-refractivity contribution is -0.984. The van der Waals surface area contributed by atoms with E-state index in [1.165, 1.54) is 27.8 Å². The second-order valence-corrected chi connectivity index (χ2v) is 16.9. The summed E-state index contributed by atoms with van der Waals surface area (Å²) in [7, 11) is 5.11. The van der Waals surface area contributed by atoms with Gasteiger partial charge in [-0.1, -0.05) is 88.4 Å². The molecular formula is C45H54N7O3+. The van der Waals surface area contributed by atoms with Crippen LogP contribution in [0.5, 0.6) is 17.2 Å². The van der Waals surface area contributed by atoms with E-state index in [2.05, 4.69) is 143 Å². The molecule has 0 fully saturated rings. The number of benzene rings is 4. The number of hydrogen-bond acceptors (Lipinski definition) is 7. The number of rotatable bonds is 11. The molecule has 0 spiro atoms. The maximum absolute atomic E-state index is 5.90. The Bertz CT molecular complexity index is 2140. The number of methoxy groups -OCH3 is 3. The third kappa shape index (κ3) is 8.01. The van der Waals surface area contributed by atoms with Gasteiger partial charge < -0.3 is 18.7 Å². The highest BCUT2D eigenvalue weighted by Gasteiger charge is 2.45. The lowest BCUT2D eigenvalue weighted by Gasteiger charge is -2.48. The standard InChI is InChI=1S/C45H54N7O3/c1-44(2,3)33-13-17-37(18-14-33)50-27-35(46-48-50)29-52(30-36-28-51(49-47-36)38-19-15-34(16-20-38)45(4,5)6)22-21-32-25-42(54-8)43(55-9)26-40(32)41(52)24-31-11-10-12-39(23-31)53-7/h10-20,23,25-28,41H,21-22,24,29-30H2,1-9H3/q+1. The van der Waals surface area contributed by atoms with E-state index < -0.39 is 0 Å². The molecule has 3 heterocycles. The number of nitrogens with zero attached hydrogens (tertiary/aromatic N) is 7. The SMILES string of the molecule is COc1cccc(CC2c3cc(OC)c(OC)cc3CC[N+]2(Cc2cn(-c3ccc(C(C)(C)C)cc3)nn2)Cc2cn(-c3ccc(C(C)(C)C)cc3)nn2)c1. The smallest absolute Gasteiger partial charge is 0.161 e. The van der Waals surface area contributed by atoms with E-state index in [1.807, 2.05) is 15.4 Å². The highest BCUT2D eigenvalue weighted by atomic mass is 16.5. The van der Waals surface area contributed by atoms with Gasteiger partial charge in [-0.25, -0.2) is 9.36 Å². The summed E-state index contributed by atoms with van der Waals surface area (Å²) in [6.45, 7) is 15.5. The van der Waals surface area contributed by atoms with Crippen molar-refractivity contribution in [1.29, 1.82) is 0 Å². The van der Waals surface area contributed by atoms with E-state index in [0.717, 1.165) is 53.6 Å². The number of aromatic nitrogens is 6. The van der Waals surface area contributed by atoms with Gasteiger partial charge in [-0.15, -0.1) is 10.2 Å². The van der Waals surface area contributed by atoms with Crippen LogP contribution in [0.15, 0.2) is 97.3 Å². The summed E-state index contributed by atoms with van der Waals surface area (Å²) in [5.41, 5.74) is 10.1. The zero-order chi connectivity index (χ0) is 39.0. The maximum Gasteiger partial charge on any atom is 0.161 e. The molecule has 7 rings (SSSR count). The molecule has 0 aliphatic carbocycles. The molecule has 2 aromatic heterocycles. The summed E-state index contributed by atoms with van der Waals surface area (Å²) >= 11 is 0. The van der Waals surface area contributed by atoms with E-state index in [9.17, 15) is 0 Å². The van der Waals surface area contributed by atoms with Crippen molar-refractivity contribution in [3.8, 4) is 28.6 Å². The van der Waals surface area contributed by atoms with E-state index in [1.54, 1.807) is 21.3 Å². The van der Waals surface area contributed by atoms with Crippen LogP contribution < -0.4 is 14.2 Å². The van der Waals surface area contributed by atoms with Gasteiger partial charge in [0, 0.05) is 18.4 Å². The molecule has 0 saturated heterocycles. The molecule has 6 aromatic rings. The van der Waals surface area contributed by atoms with E-state index in [-0.39, 0.29) is 16.9 Å². The van der Waals surface area contributed by atoms with Crippen LogP contribution in [0.1, 0.15) is 86.8 Å². The van der Waals surface area contributed by atoms with Crippen LogP contribution in [0.2, 0.25) is 0 Å². The lowest BCUT2D eigenvalue weighted by Crippen LogP contribution is -2.54. The summed E-state index contributed by atoms with van der Waals surface area (Å²) < 4.78 is 21.8. The first-order chi connectivity index (χ1) is 26.3. The van der Waals surface area contributed by atoms with Crippen molar-refractivity contribution in [2.45, 2.75) is 84.3 Å². The Hall–Kier alpha value is -5.48. The first kappa shape index (κ1) is 37.8. The van der Waals surface area contributed by atoms with Crippen molar-refractivity contribution in [2.75, 3.05) is 27.9 Å². The van der Waals surface area contributed by atoms with E-state index >= 15 is 0 Å². The summed E-state index contributed by atoms with van der Waals surface area (Å²) in [4.78, 5) is 0. The predicted octanol–water partition coefficient (Wildman–Crippen LogP) is 8.53. The Labute approximate surface area is 325 Å². The fourth-order valence-electron chi connectivity index (χ4n) is 7.89. The van der Waals surface area contributed by atoms with Crippen LogP contribution in [-0.4, -0.2) is 62.3 Å².